The minimum Gasteiger partial charge on any atom is -0.310 e. The van der Waals surface area contributed by atoms with E-state index >= 15 is 0 Å². The summed E-state index contributed by atoms with van der Waals surface area (Å²) >= 11 is 6.00. The summed E-state index contributed by atoms with van der Waals surface area (Å²) in [6.07, 6.45) is 0.790. The zero-order chi connectivity index (χ0) is 13.7. The van der Waals surface area contributed by atoms with Crippen LogP contribution in [0.3, 0.4) is 0 Å². The van der Waals surface area contributed by atoms with Crippen LogP contribution in [0.2, 0.25) is 5.02 Å². The Bertz CT molecular complexity index is 542. The fourth-order valence-corrected chi connectivity index (χ4v) is 2.39. The van der Waals surface area contributed by atoms with Gasteiger partial charge in [0.1, 0.15) is 5.82 Å². The van der Waals surface area contributed by atoms with Crippen LogP contribution in [0.25, 0.3) is 0 Å². The highest BCUT2D eigenvalue weighted by atomic mass is 35.5. The van der Waals surface area contributed by atoms with Crippen LogP contribution in [-0.2, 0) is 6.42 Å². The van der Waals surface area contributed by atoms with E-state index in [0.717, 1.165) is 29.1 Å². The Hall–Kier alpha value is -1.38. The van der Waals surface area contributed by atoms with Crippen LogP contribution in [-0.4, -0.2) is 6.54 Å². The Morgan fingerprint density at radius 1 is 1.16 bits per heavy atom. The van der Waals surface area contributed by atoms with Crippen LogP contribution in [0.15, 0.2) is 48.5 Å². The van der Waals surface area contributed by atoms with Gasteiger partial charge < -0.3 is 5.32 Å². The maximum Gasteiger partial charge on any atom is 0.123 e. The van der Waals surface area contributed by atoms with E-state index in [4.69, 9.17) is 11.6 Å². The highest BCUT2D eigenvalue weighted by Gasteiger charge is 2.12. The topological polar surface area (TPSA) is 12.0 Å². The number of benzene rings is 2. The molecule has 0 aliphatic heterocycles. The van der Waals surface area contributed by atoms with Gasteiger partial charge in [-0.15, -0.1) is 0 Å². The summed E-state index contributed by atoms with van der Waals surface area (Å²) in [5.74, 6) is -0.202. The SMILES string of the molecule is CCNC(Cc1cccc(Cl)c1)c1cccc(F)c1. The monoisotopic (exact) mass is 277 g/mol. The molecule has 1 unspecified atom stereocenters. The minimum absolute atomic E-state index is 0.0965. The largest absolute Gasteiger partial charge is 0.310 e. The lowest BCUT2D eigenvalue weighted by Crippen LogP contribution is -2.23. The first kappa shape index (κ1) is 14.0. The number of halogens is 2. The normalized spacial score (nSPS) is 12.4. The summed E-state index contributed by atoms with van der Waals surface area (Å²) in [6.45, 7) is 2.88. The van der Waals surface area contributed by atoms with Crippen LogP contribution < -0.4 is 5.32 Å². The molecule has 3 heteroatoms. The average Bonchev–Trinajstić information content (AvgIpc) is 2.38. The molecule has 1 nitrogen and oxygen atoms in total. The van der Waals surface area contributed by atoms with Crippen molar-refractivity contribution < 1.29 is 4.39 Å². The van der Waals surface area contributed by atoms with Gasteiger partial charge in [-0.3, -0.25) is 0 Å². The van der Waals surface area contributed by atoms with Gasteiger partial charge in [0.25, 0.3) is 0 Å². The van der Waals surface area contributed by atoms with Crippen molar-refractivity contribution in [2.45, 2.75) is 19.4 Å². The van der Waals surface area contributed by atoms with Crippen LogP contribution in [0, 0.1) is 5.82 Å². The summed E-state index contributed by atoms with van der Waals surface area (Å²) < 4.78 is 13.3. The van der Waals surface area contributed by atoms with Crippen LogP contribution >= 0.6 is 11.6 Å². The Kier molecular flexibility index (Phi) is 4.94. The quantitative estimate of drug-likeness (QED) is 0.856. The van der Waals surface area contributed by atoms with Gasteiger partial charge in [0, 0.05) is 11.1 Å². The van der Waals surface area contributed by atoms with Crippen molar-refractivity contribution >= 4 is 11.6 Å². The highest BCUT2D eigenvalue weighted by Crippen LogP contribution is 2.21. The lowest BCUT2D eigenvalue weighted by Gasteiger charge is -2.18. The predicted molar refractivity (Wildman–Crippen MR) is 78.0 cm³/mol. The molecule has 1 atom stereocenters. The smallest absolute Gasteiger partial charge is 0.123 e. The fourth-order valence-electron chi connectivity index (χ4n) is 2.18. The number of hydrogen-bond acceptors (Lipinski definition) is 1. The van der Waals surface area contributed by atoms with Gasteiger partial charge >= 0.3 is 0 Å². The van der Waals surface area contributed by atoms with Crippen molar-refractivity contribution in [3.8, 4) is 0 Å². The second-order valence-corrected chi connectivity index (χ2v) is 4.94. The lowest BCUT2D eigenvalue weighted by molar-refractivity contribution is 0.543. The highest BCUT2D eigenvalue weighted by molar-refractivity contribution is 6.30. The van der Waals surface area contributed by atoms with E-state index in [2.05, 4.69) is 5.32 Å². The van der Waals surface area contributed by atoms with Gasteiger partial charge in [-0.2, -0.15) is 0 Å². The molecule has 2 aromatic rings. The van der Waals surface area contributed by atoms with E-state index < -0.39 is 0 Å². The first-order chi connectivity index (χ1) is 9.19. The van der Waals surface area contributed by atoms with E-state index in [0.29, 0.717) is 0 Å². The number of likely N-dealkylation sites (N-methyl/N-ethyl adjacent to an activating group) is 1. The number of nitrogens with one attached hydrogen (secondary N) is 1. The standard InChI is InChI=1S/C16H17ClFN/c1-2-19-16(13-6-4-8-15(18)11-13)10-12-5-3-7-14(17)9-12/h3-9,11,16,19H,2,10H2,1H3. The van der Waals surface area contributed by atoms with Crippen LogP contribution in [0.5, 0.6) is 0 Å². The maximum atomic E-state index is 13.3. The summed E-state index contributed by atoms with van der Waals surface area (Å²) in [4.78, 5) is 0. The number of rotatable bonds is 5. The molecule has 0 amide bonds. The molecule has 0 aromatic heterocycles. The molecule has 0 bridgehead atoms. The molecule has 2 aromatic carbocycles. The molecule has 0 aliphatic carbocycles. The summed E-state index contributed by atoms with van der Waals surface area (Å²) in [5.41, 5.74) is 2.10. The van der Waals surface area contributed by atoms with E-state index in [1.54, 1.807) is 12.1 Å². The second kappa shape index (κ2) is 6.69. The average molecular weight is 278 g/mol. The molecule has 19 heavy (non-hydrogen) atoms. The van der Waals surface area contributed by atoms with E-state index in [1.165, 1.54) is 6.07 Å². The summed E-state index contributed by atoms with van der Waals surface area (Å²) in [7, 11) is 0. The van der Waals surface area contributed by atoms with Crippen molar-refractivity contribution in [2.24, 2.45) is 0 Å². The van der Waals surface area contributed by atoms with Gasteiger partial charge in [-0.1, -0.05) is 42.8 Å². The van der Waals surface area contributed by atoms with Crippen LogP contribution in [0.1, 0.15) is 24.1 Å². The Balaban J connectivity index is 2.21. The molecule has 0 saturated heterocycles. The molecule has 0 spiro atoms. The van der Waals surface area contributed by atoms with Gasteiger partial charge in [-0.25, -0.2) is 4.39 Å². The van der Waals surface area contributed by atoms with Crippen molar-refractivity contribution in [2.75, 3.05) is 6.54 Å². The molecule has 0 aliphatic rings. The molecule has 1 N–H and O–H groups in total. The molecule has 100 valence electrons. The van der Waals surface area contributed by atoms with Gasteiger partial charge in [-0.05, 0) is 48.4 Å². The molecule has 2 rings (SSSR count). The third-order valence-corrected chi connectivity index (χ3v) is 3.27. The van der Waals surface area contributed by atoms with Crippen molar-refractivity contribution in [3.05, 3.63) is 70.5 Å². The zero-order valence-corrected chi connectivity index (χ0v) is 11.6. The lowest BCUT2D eigenvalue weighted by atomic mass is 9.99. The minimum atomic E-state index is -0.202. The second-order valence-electron chi connectivity index (χ2n) is 4.50. The Morgan fingerprint density at radius 3 is 2.63 bits per heavy atom. The van der Waals surface area contributed by atoms with E-state index in [1.807, 2.05) is 37.3 Å². The zero-order valence-electron chi connectivity index (χ0n) is 10.9. The Morgan fingerprint density at radius 2 is 1.95 bits per heavy atom. The predicted octanol–water partition coefficient (Wildman–Crippen LogP) is 4.37. The first-order valence-electron chi connectivity index (χ1n) is 6.42. The molecular weight excluding hydrogens is 261 g/mol. The first-order valence-corrected chi connectivity index (χ1v) is 6.80. The molecular formula is C16H17ClFN. The third kappa shape index (κ3) is 4.05. The molecule has 0 saturated carbocycles. The van der Waals surface area contributed by atoms with Crippen molar-refractivity contribution in [3.63, 3.8) is 0 Å². The van der Waals surface area contributed by atoms with Gasteiger partial charge in [0.15, 0.2) is 0 Å². The number of hydrogen-bond donors (Lipinski definition) is 1. The van der Waals surface area contributed by atoms with Gasteiger partial charge in [0.2, 0.25) is 0 Å². The summed E-state index contributed by atoms with van der Waals surface area (Å²) in [6, 6.07) is 14.6. The molecule has 0 radical (unpaired) electrons. The maximum absolute atomic E-state index is 13.3. The fraction of sp³-hybridized carbons (Fsp3) is 0.250. The van der Waals surface area contributed by atoms with Crippen molar-refractivity contribution in [1.82, 2.24) is 5.32 Å². The Labute approximate surface area is 118 Å². The van der Waals surface area contributed by atoms with Crippen molar-refractivity contribution in [1.29, 1.82) is 0 Å². The van der Waals surface area contributed by atoms with Gasteiger partial charge in [0.05, 0.1) is 0 Å². The van der Waals surface area contributed by atoms with Crippen LogP contribution in [0.4, 0.5) is 4.39 Å². The third-order valence-electron chi connectivity index (χ3n) is 3.03. The van der Waals surface area contributed by atoms with E-state index in [-0.39, 0.29) is 11.9 Å². The van der Waals surface area contributed by atoms with E-state index in [9.17, 15) is 4.39 Å². The molecule has 0 heterocycles. The molecule has 0 fully saturated rings. The summed E-state index contributed by atoms with van der Waals surface area (Å²) in [5, 5.41) is 4.11.